The lowest BCUT2D eigenvalue weighted by Crippen LogP contribution is -2.58. The van der Waals surface area contributed by atoms with Crippen LogP contribution in [0.5, 0.6) is 11.5 Å². The van der Waals surface area contributed by atoms with E-state index in [1.165, 1.54) is 34.7 Å². The Balaban J connectivity index is 0.000000217. The zero-order valence-electron chi connectivity index (χ0n) is 55.6. The summed E-state index contributed by atoms with van der Waals surface area (Å²) in [6.45, 7) is 31.3. The van der Waals surface area contributed by atoms with Crippen LogP contribution in [0.15, 0.2) is 107 Å². The molecule has 10 rings (SSSR count). The number of halogens is 2. The Morgan fingerprint density at radius 2 is 1.05 bits per heavy atom. The molecule has 4 aliphatic heterocycles. The summed E-state index contributed by atoms with van der Waals surface area (Å²) in [5, 5.41) is 12.3. The van der Waals surface area contributed by atoms with Gasteiger partial charge < -0.3 is 40.2 Å². The van der Waals surface area contributed by atoms with Crippen LogP contribution in [-0.2, 0) is 29.1 Å². The normalized spacial score (nSPS) is 19.5. The Morgan fingerprint density at radius 3 is 1.47 bits per heavy atom. The third-order valence-corrected chi connectivity index (χ3v) is 22.3. The van der Waals surface area contributed by atoms with Crippen LogP contribution in [0.3, 0.4) is 0 Å². The van der Waals surface area contributed by atoms with Gasteiger partial charge >= 0.3 is 0 Å². The lowest BCUT2D eigenvalue weighted by atomic mass is 9.85. The van der Waals surface area contributed by atoms with E-state index in [9.17, 15) is 16.8 Å². The van der Waals surface area contributed by atoms with Crippen LogP contribution in [-0.4, -0.2) is 132 Å². The van der Waals surface area contributed by atoms with Gasteiger partial charge in [-0.25, -0.2) is 26.8 Å². The number of aromatic nitrogens is 4. The highest BCUT2D eigenvalue weighted by atomic mass is 35.5. The van der Waals surface area contributed by atoms with Crippen LogP contribution in [0.4, 0.5) is 46.3 Å². The average Bonchev–Trinajstić information content (AvgIpc) is 0.804. The predicted octanol–water partition coefficient (Wildman–Crippen LogP) is 15.9. The second-order valence-corrected chi connectivity index (χ2v) is 31.2. The topological polar surface area (TPSA) is 211 Å². The molecule has 0 amide bonds. The van der Waals surface area contributed by atoms with Crippen molar-refractivity contribution in [2.75, 3.05) is 47.7 Å². The van der Waals surface area contributed by atoms with Crippen molar-refractivity contribution in [3.8, 4) is 11.5 Å². The van der Waals surface area contributed by atoms with Gasteiger partial charge in [-0.2, -0.15) is 9.97 Å². The first-order chi connectivity index (χ1) is 43.8. The van der Waals surface area contributed by atoms with Crippen LogP contribution in [0, 0.1) is 13.8 Å². The minimum atomic E-state index is -3.55. The molecule has 4 aromatic carbocycles. The van der Waals surface area contributed by atoms with Crippen molar-refractivity contribution in [1.29, 1.82) is 0 Å². The first-order valence-corrected chi connectivity index (χ1v) is 36.2. The summed E-state index contributed by atoms with van der Waals surface area (Å²) >= 11 is 13.0. The largest absolute Gasteiger partial charge is 0.489 e. The highest BCUT2D eigenvalue weighted by Crippen LogP contribution is 2.43. The van der Waals surface area contributed by atoms with E-state index in [2.05, 4.69) is 129 Å². The van der Waals surface area contributed by atoms with Gasteiger partial charge in [-0.05, 0) is 204 Å². The van der Waals surface area contributed by atoms with E-state index < -0.39 is 30.2 Å². The predicted molar refractivity (Wildman–Crippen MR) is 373 cm³/mol. The Hall–Kier alpha value is -6.36. The Morgan fingerprint density at radius 1 is 0.587 bits per heavy atom. The second-order valence-electron chi connectivity index (χ2n) is 25.5. The fourth-order valence-corrected chi connectivity index (χ4v) is 15.3. The zero-order chi connectivity index (χ0) is 66.3. The fraction of sp³-hybridized carbons (Fsp3) is 0.486. The SMILES string of the molecule is CC[C@H]1CC(c2cc(OC(C)C)c(Nc3ncc(Cl)c(Nc4ccccc4S(=O)(=O)C(C)C)n3)cc2C)=C[C@H](CC)N1C1COC1.Cc1cc(Nc2ncc(Cl)c(Nc3ccccc3S(=O)(=O)C(C)C)n2)c(OC(C)C)cc1C1=C[C@@H](C)N(C2CCOCC2)[C@H](C)C1. The van der Waals surface area contributed by atoms with Crippen molar-refractivity contribution in [1.82, 2.24) is 29.7 Å². The summed E-state index contributed by atoms with van der Waals surface area (Å²) in [6, 6.07) is 24.5. The standard InChI is InChI=1S/2C35H46ClN5O4S/c1-21(2)45-32-19-28(26-17-24(6)41(25(7)18-26)27-12-14-44-15-13-27)23(5)16-31(32)39-35-37-20-29(36)34(40-35)38-30-10-8-9-11-33(30)46(42,43)22(3)4;1-8-25-15-24(16-26(9-2)41(25)27-19-44-20-27)28-17-32(45-21(3)4)31(14-23(28)7)39-35-37-18-29(36)34(40-35)38-30-12-10-11-13-33(30)46(42,43)22(5)6/h8-11,16-17,19-22,24-25,27H,12-15,18H2,1-7H3,(H2,37,38,39,40);10-15,17-18,21-22,25-27H,8-9,16,19-20H2,1-7H3,(H2,37,38,39,40)/t24-,25-;25-,26-/m10/s1. The number of nitrogens with zero attached hydrogens (tertiary/aromatic N) is 6. The van der Waals surface area contributed by atoms with Crippen LogP contribution < -0.4 is 30.7 Å². The molecular weight excluding hydrogens is 1240 g/mol. The van der Waals surface area contributed by atoms with Gasteiger partial charge in [0, 0.05) is 43.4 Å². The number of nitrogens with one attached hydrogen (secondary N) is 4. The van der Waals surface area contributed by atoms with E-state index in [4.69, 9.17) is 42.1 Å². The average molecular weight is 1340 g/mol. The molecular formula is C70H92Cl2N10O8S2. The molecule has 0 bridgehead atoms. The van der Waals surface area contributed by atoms with Gasteiger partial charge in [0.25, 0.3) is 0 Å². The van der Waals surface area contributed by atoms with Crippen molar-refractivity contribution in [3.05, 3.63) is 130 Å². The van der Waals surface area contributed by atoms with Crippen LogP contribution >= 0.6 is 23.2 Å². The van der Waals surface area contributed by atoms with Crippen LogP contribution in [0.2, 0.25) is 10.0 Å². The monoisotopic (exact) mass is 1330 g/mol. The molecule has 4 N–H and O–H groups in total. The van der Waals surface area contributed by atoms with E-state index in [-0.39, 0.29) is 43.7 Å². The molecule has 2 saturated heterocycles. The maximum atomic E-state index is 13.0. The molecule has 0 radical (unpaired) electrons. The molecule has 2 aromatic heterocycles. The molecule has 0 saturated carbocycles. The van der Waals surface area contributed by atoms with Crippen LogP contribution in [0.1, 0.15) is 144 Å². The Labute approximate surface area is 555 Å². The lowest BCUT2D eigenvalue weighted by molar-refractivity contribution is -0.0913. The van der Waals surface area contributed by atoms with E-state index in [1.54, 1.807) is 76.2 Å². The Bertz CT molecular complexity index is 3880. The highest BCUT2D eigenvalue weighted by molar-refractivity contribution is 7.92. The van der Waals surface area contributed by atoms with E-state index >= 15 is 0 Å². The van der Waals surface area contributed by atoms with Gasteiger partial charge in [0.15, 0.2) is 31.3 Å². The first-order valence-electron chi connectivity index (χ1n) is 32.3. The van der Waals surface area contributed by atoms with Gasteiger partial charge in [-0.1, -0.05) is 73.5 Å². The van der Waals surface area contributed by atoms with Crippen molar-refractivity contribution < 1.29 is 35.8 Å². The van der Waals surface area contributed by atoms with Gasteiger partial charge in [-0.15, -0.1) is 0 Å². The molecule has 4 aliphatic rings. The quantitative estimate of drug-likeness (QED) is 0.0498. The van der Waals surface area contributed by atoms with Crippen LogP contribution in [0.25, 0.3) is 11.1 Å². The van der Waals surface area contributed by atoms with E-state index in [0.717, 1.165) is 87.5 Å². The second kappa shape index (κ2) is 30.4. The number of para-hydroxylation sites is 2. The molecule has 0 unspecified atom stereocenters. The number of sulfone groups is 2. The third kappa shape index (κ3) is 16.2. The van der Waals surface area contributed by atoms with Crippen molar-refractivity contribution in [2.45, 2.75) is 204 Å². The Kier molecular flexibility index (Phi) is 23.1. The number of rotatable bonds is 22. The number of hydrogen-bond donors (Lipinski definition) is 4. The van der Waals surface area contributed by atoms with Gasteiger partial charge in [0.2, 0.25) is 11.9 Å². The van der Waals surface area contributed by atoms with E-state index in [1.807, 2.05) is 27.7 Å². The molecule has 496 valence electrons. The third-order valence-electron chi connectivity index (χ3n) is 17.3. The number of anilines is 8. The highest BCUT2D eigenvalue weighted by Gasteiger charge is 2.39. The van der Waals surface area contributed by atoms with Gasteiger partial charge in [0.05, 0.1) is 86.9 Å². The minimum Gasteiger partial charge on any atom is -0.489 e. The lowest BCUT2D eigenvalue weighted by Gasteiger charge is -2.48. The van der Waals surface area contributed by atoms with Crippen molar-refractivity contribution in [2.24, 2.45) is 0 Å². The first kappa shape index (κ1) is 70.0. The summed E-state index contributed by atoms with van der Waals surface area (Å²) in [4.78, 5) is 23.8. The number of hydrogen-bond acceptors (Lipinski definition) is 18. The minimum absolute atomic E-state index is 0.0546. The molecule has 92 heavy (non-hydrogen) atoms. The molecule has 0 aliphatic carbocycles. The maximum absolute atomic E-state index is 13.0. The molecule has 22 heteroatoms. The molecule has 6 aromatic rings. The summed E-state index contributed by atoms with van der Waals surface area (Å²) in [5.74, 6) is 2.57. The smallest absolute Gasteiger partial charge is 0.229 e. The van der Waals surface area contributed by atoms with Crippen molar-refractivity contribution in [3.63, 3.8) is 0 Å². The van der Waals surface area contributed by atoms with Gasteiger partial charge in [0.1, 0.15) is 21.5 Å². The molecule has 2 fully saturated rings. The molecule has 6 heterocycles. The maximum Gasteiger partial charge on any atom is 0.229 e. The number of aryl methyl sites for hydroxylation is 2. The number of ether oxygens (including phenoxy) is 4. The summed E-state index contributed by atoms with van der Waals surface area (Å²) < 4.78 is 75.9. The molecule has 0 spiro atoms. The van der Waals surface area contributed by atoms with Gasteiger partial charge in [-0.3, -0.25) is 9.80 Å². The summed E-state index contributed by atoms with van der Waals surface area (Å²) in [7, 11) is -7.09. The molecule has 4 atom stereocenters. The summed E-state index contributed by atoms with van der Waals surface area (Å²) in [6.07, 6.45) is 13.9. The zero-order valence-corrected chi connectivity index (χ0v) is 58.7. The summed E-state index contributed by atoms with van der Waals surface area (Å²) in [5.41, 5.74) is 9.51. The van der Waals surface area contributed by atoms with Crippen molar-refractivity contribution >= 4 is 100 Å². The number of benzene rings is 4. The van der Waals surface area contributed by atoms with E-state index in [0.29, 0.717) is 71.0 Å². The fourth-order valence-electron chi connectivity index (χ4n) is 12.6. The molecule has 18 nitrogen and oxygen atoms in total.